The van der Waals surface area contributed by atoms with E-state index in [2.05, 4.69) is 9.71 Å². The highest BCUT2D eigenvalue weighted by Gasteiger charge is 2.21. The molecule has 0 fully saturated rings. The lowest BCUT2D eigenvalue weighted by molar-refractivity contribution is -0.130. The predicted molar refractivity (Wildman–Crippen MR) is 107 cm³/mol. The van der Waals surface area contributed by atoms with Crippen molar-refractivity contribution in [3.63, 3.8) is 0 Å². The summed E-state index contributed by atoms with van der Waals surface area (Å²) in [5, 5.41) is 0. The number of carbonyl (C=O) groups is 2. The van der Waals surface area contributed by atoms with Crippen molar-refractivity contribution >= 4 is 34.2 Å². The van der Waals surface area contributed by atoms with Crippen molar-refractivity contribution in [3.8, 4) is 0 Å². The average molecular weight is 430 g/mol. The number of primary amides is 1. The third kappa shape index (κ3) is 6.64. The van der Waals surface area contributed by atoms with Crippen LogP contribution in [0.2, 0.25) is 0 Å². The van der Waals surface area contributed by atoms with Gasteiger partial charge in [-0.25, -0.2) is 13.1 Å². The van der Waals surface area contributed by atoms with Gasteiger partial charge in [0.1, 0.15) is 10.6 Å². The Bertz CT molecular complexity index is 886. The molecule has 0 spiro atoms. The van der Waals surface area contributed by atoms with E-state index in [1.807, 2.05) is 30.3 Å². The normalized spacial score (nSPS) is 10.9. The molecule has 0 aliphatic rings. The summed E-state index contributed by atoms with van der Waals surface area (Å²) >= 11 is 0. The highest BCUT2D eigenvalue weighted by Crippen LogP contribution is 2.11. The third-order valence-electron chi connectivity index (χ3n) is 3.85. The van der Waals surface area contributed by atoms with Crippen LogP contribution in [0, 0.1) is 0 Å². The molecule has 2 aromatic rings. The van der Waals surface area contributed by atoms with Crippen LogP contribution in [0.1, 0.15) is 22.5 Å². The first-order chi connectivity index (χ1) is 12.8. The van der Waals surface area contributed by atoms with Gasteiger partial charge < -0.3 is 21.4 Å². The third-order valence-corrected chi connectivity index (χ3v) is 5.23. The molecule has 11 heteroatoms. The first-order valence-electron chi connectivity index (χ1n) is 8.33. The van der Waals surface area contributed by atoms with Gasteiger partial charge in [0.25, 0.3) is 5.91 Å². The van der Waals surface area contributed by atoms with Crippen LogP contribution in [0.5, 0.6) is 0 Å². The minimum absolute atomic E-state index is 0. The number of rotatable bonds is 10. The lowest BCUT2D eigenvalue weighted by Crippen LogP contribution is -2.40. The number of nitrogens with zero attached hydrogens (tertiary/aromatic N) is 1. The van der Waals surface area contributed by atoms with Gasteiger partial charge in [-0.05, 0) is 24.6 Å². The Kier molecular flexibility index (Phi) is 9.13. The van der Waals surface area contributed by atoms with E-state index in [0.29, 0.717) is 26.1 Å². The molecular formula is C17H24ClN5O4S. The van der Waals surface area contributed by atoms with Crippen molar-refractivity contribution in [1.29, 1.82) is 0 Å². The van der Waals surface area contributed by atoms with Gasteiger partial charge in [0, 0.05) is 19.3 Å². The van der Waals surface area contributed by atoms with E-state index in [0.717, 1.165) is 17.8 Å². The molecule has 2 amide bonds. The summed E-state index contributed by atoms with van der Waals surface area (Å²) in [7, 11) is -3.96. The summed E-state index contributed by atoms with van der Waals surface area (Å²) in [5.41, 5.74) is 11.5. The van der Waals surface area contributed by atoms with Gasteiger partial charge in [-0.1, -0.05) is 30.3 Å². The summed E-state index contributed by atoms with van der Waals surface area (Å²) in [5.74, 6) is -1.15. The highest BCUT2D eigenvalue weighted by atomic mass is 35.5. The largest absolute Gasteiger partial charge is 0.364 e. The fourth-order valence-electron chi connectivity index (χ4n) is 2.40. The van der Waals surface area contributed by atoms with Gasteiger partial charge in [-0.15, -0.1) is 12.4 Å². The second-order valence-corrected chi connectivity index (χ2v) is 7.65. The maximum absolute atomic E-state index is 12.5. The number of nitrogens with one attached hydrogen (secondary N) is 2. The minimum Gasteiger partial charge on any atom is -0.364 e. The number of halogens is 1. The fourth-order valence-corrected chi connectivity index (χ4v) is 3.37. The number of nitrogens with two attached hydrogens (primary N) is 2. The van der Waals surface area contributed by atoms with Gasteiger partial charge >= 0.3 is 0 Å². The topological polar surface area (TPSA) is 151 Å². The van der Waals surface area contributed by atoms with Crippen molar-refractivity contribution in [3.05, 3.63) is 53.9 Å². The Balaban J connectivity index is 0.00000392. The summed E-state index contributed by atoms with van der Waals surface area (Å²) in [4.78, 5) is 27.5. The molecule has 1 heterocycles. The number of H-pyrrole nitrogens is 1. The lowest BCUT2D eigenvalue weighted by Gasteiger charge is -2.23. The standard InChI is InChI=1S/C17H23N5O4S.ClH/c18-7-4-8-22(12-13-5-2-1-3-6-13)16(23)11-21-27(25,26)14-9-15(17(19)24)20-10-14;/h1-3,5-6,9-10,20-21H,4,7-8,11-12,18H2,(H2,19,24);1H. The van der Waals surface area contributed by atoms with E-state index in [-0.39, 0.29) is 28.9 Å². The zero-order valence-corrected chi connectivity index (χ0v) is 16.8. The second-order valence-electron chi connectivity index (χ2n) is 5.88. The Morgan fingerprint density at radius 2 is 1.86 bits per heavy atom. The number of hydrogen-bond donors (Lipinski definition) is 4. The molecule has 0 aliphatic carbocycles. The van der Waals surface area contributed by atoms with Gasteiger partial charge in [0.15, 0.2) is 0 Å². The molecule has 0 saturated carbocycles. The number of aromatic nitrogens is 1. The quantitative estimate of drug-likeness (QED) is 0.425. The van der Waals surface area contributed by atoms with E-state index < -0.39 is 22.5 Å². The molecule has 1 aromatic carbocycles. The monoisotopic (exact) mass is 429 g/mol. The zero-order chi connectivity index (χ0) is 19.9. The van der Waals surface area contributed by atoms with Gasteiger partial charge in [-0.3, -0.25) is 9.59 Å². The van der Waals surface area contributed by atoms with E-state index in [1.165, 1.54) is 0 Å². The maximum atomic E-state index is 12.5. The molecule has 0 bridgehead atoms. The first kappa shape index (κ1) is 23.6. The maximum Gasteiger partial charge on any atom is 0.265 e. The molecule has 6 N–H and O–H groups in total. The summed E-state index contributed by atoms with van der Waals surface area (Å²) < 4.78 is 26.8. The lowest BCUT2D eigenvalue weighted by atomic mass is 10.2. The molecule has 0 aliphatic heterocycles. The van der Waals surface area contributed by atoms with Crippen LogP contribution in [-0.2, 0) is 21.4 Å². The molecule has 9 nitrogen and oxygen atoms in total. The number of carbonyl (C=O) groups excluding carboxylic acids is 2. The number of sulfonamides is 1. The van der Waals surface area contributed by atoms with E-state index in [1.54, 1.807) is 4.90 Å². The molecule has 28 heavy (non-hydrogen) atoms. The Morgan fingerprint density at radius 1 is 1.18 bits per heavy atom. The Hall–Kier alpha value is -2.40. The average Bonchev–Trinajstić information content (AvgIpc) is 3.15. The smallest absolute Gasteiger partial charge is 0.265 e. The van der Waals surface area contributed by atoms with Crippen LogP contribution in [0.3, 0.4) is 0 Å². The van der Waals surface area contributed by atoms with Gasteiger partial charge in [-0.2, -0.15) is 0 Å². The Morgan fingerprint density at radius 3 is 2.43 bits per heavy atom. The van der Waals surface area contributed by atoms with E-state index in [4.69, 9.17) is 11.5 Å². The molecule has 0 atom stereocenters. The summed E-state index contributed by atoms with van der Waals surface area (Å²) in [6.07, 6.45) is 1.74. The summed E-state index contributed by atoms with van der Waals surface area (Å²) in [6.45, 7) is 0.791. The predicted octanol–water partition coefficient (Wildman–Crippen LogP) is 0.191. The van der Waals surface area contributed by atoms with Crippen LogP contribution in [0.25, 0.3) is 0 Å². The minimum atomic E-state index is -3.96. The molecule has 0 saturated heterocycles. The number of hydrogen-bond acceptors (Lipinski definition) is 5. The van der Waals surface area contributed by atoms with Crippen LogP contribution >= 0.6 is 12.4 Å². The SMILES string of the molecule is Cl.NCCCN(Cc1ccccc1)C(=O)CNS(=O)(=O)c1c[nH]c(C(N)=O)c1. The molecule has 0 unspecified atom stereocenters. The van der Waals surface area contributed by atoms with Crippen LogP contribution in [0.15, 0.2) is 47.5 Å². The van der Waals surface area contributed by atoms with Crippen LogP contribution < -0.4 is 16.2 Å². The summed E-state index contributed by atoms with van der Waals surface area (Å²) in [6, 6.07) is 10.5. The highest BCUT2D eigenvalue weighted by molar-refractivity contribution is 7.89. The zero-order valence-electron chi connectivity index (χ0n) is 15.1. The van der Waals surface area contributed by atoms with Gasteiger partial charge in [0.2, 0.25) is 15.9 Å². The van der Waals surface area contributed by atoms with Gasteiger partial charge in [0.05, 0.1) is 6.54 Å². The van der Waals surface area contributed by atoms with Crippen molar-refractivity contribution in [2.75, 3.05) is 19.6 Å². The van der Waals surface area contributed by atoms with Crippen molar-refractivity contribution in [1.82, 2.24) is 14.6 Å². The van der Waals surface area contributed by atoms with Crippen LogP contribution in [0.4, 0.5) is 0 Å². The second kappa shape index (κ2) is 10.8. The fraction of sp³-hybridized carbons (Fsp3) is 0.294. The molecule has 1 aromatic heterocycles. The molecule has 0 radical (unpaired) electrons. The van der Waals surface area contributed by atoms with E-state index in [9.17, 15) is 18.0 Å². The Labute approximate surface area is 169 Å². The van der Waals surface area contributed by atoms with Crippen LogP contribution in [-0.4, -0.2) is 49.8 Å². The van der Waals surface area contributed by atoms with Crippen molar-refractivity contribution in [2.24, 2.45) is 11.5 Å². The van der Waals surface area contributed by atoms with E-state index >= 15 is 0 Å². The molecule has 2 rings (SSSR count). The molecular weight excluding hydrogens is 406 g/mol. The number of amides is 2. The molecule has 154 valence electrons. The number of benzene rings is 1. The first-order valence-corrected chi connectivity index (χ1v) is 9.81. The van der Waals surface area contributed by atoms with Crippen molar-refractivity contribution < 1.29 is 18.0 Å². The number of aromatic amines is 1. The van der Waals surface area contributed by atoms with Crippen molar-refractivity contribution in [2.45, 2.75) is 17.9 Å².